The van der Waals surface area contributed by atoms with E-state index in [9.17, 15) is 9.00 Å². The van der Waals surface area contributed by atoms with E-state index in [4.69, 9.17) is 0 Å². The van der Waals surface area contributed by atoms with Crippen LogP contribution in [0.3, 0.4) is 0 Å². The fourth-order valence-electron chi connectivity index (χ4n) is 0.466. The Bertz CT molecular complexity index is 157. The van der Waals surface area contributed by atoms with Crippen LogP contribution in [0.15, 0.2) is 0 Å². The first-order valence-corrected chi connectivity index (χ1v) is 5.08. The minimum Gasteiger partial charge on any atom is -0.275 e. The Morgan fingerprint density at radius 2 is 2.09 bits per heavy atom. The Kier molecular flexibility index (Phi) is 5.11. The number of nitrogens with one attached hydrogen (secondary N) is 1. The van der Waals surface area contributed by atoms with Gasteiger partial charge in [0, 0.05) is 11.7 Å². The second-order valence-corrected chi connectivity index (χ2v) is 3.97. The lowest BCUT2D eigenvalue weighted by Crippen LogP contribution is -2.30. The number of rotatable bonds is 4. The summed E-state index contributed by atoms with van der Waals surface area (Å²) in [5, 5.41) is 0. The van der Waals surface area contributed by atoms with Crippen molar-refractivity contribution in [2.45, 2.75) is 27.2 Å². The summed E-state index contributed by atoms with van der Waals surface area (Å²) in [4.78, 5) is 10.9. The molecule has 1 N–H and O–H groups in total. The van der Waals surface area contributed by atoms with Crippen molar-refractivity contribution in [1.82, 2.24) is 4.72 Å². The summed E-state index contributed by atoms with van der Waals surface area (Å²) >= 11 is 0. The minimum absolute atomic E-state index is 0.0872. The highest BCUT2D eigenvalue weighted by atomic mass is 32.2. The Balaban J connectivity index is 3.67. The van der Waals surface area contributed by atoms with Gasteiger partial charge >= 0.3 is 0 Å². The molecule has 4 heteroatoms. The van der Waals surface area contributed by atoms with Crippen LogP contribution in [0.1, 0.15) is 27.2 Å². The lowest BCUT2D eigenvalue weighted by atomic mass is 10.2. The van der Waals surface area contributed by atoms with Gasteiger partial charge in [0.05, 0.1) is 0 Å². The third kappa shape index (κ3) is 4.95. The van der Waals surface area contributed by atoms with Gasteiger partial charge in [0.2, 0.25) is 5.91 Å². The lowest BCUT2D eigenvalue weighted by Gasteiger charge is -2.05. The van der Waals surface area contributed by atoms with E-state index in [2.05, 4.69) is 4.72 Å². The van der Waals surface area contributed by atoms with Crippen LogP contribution in [-0.4, -0.2) is 15.9 Å². The van der Waals surface area contributed by atoms with Gasteiger partial charge in [-0.05, 0) is 6.42 Å². The predicted molar refractivity (Wildman–Crippen MR) is 46.3 cm³/mol. The van der Waals surface area contributed by atoms with E-state index in [-0.39, 0.29) is 11.8 Å². The third-order valence-corrected chi connectivity index (χ3v) is 2.34. The highest BCUT2D eigenvalue weighted by molar-refractivity contribution is 7.83. The maximum absolute atomic E-state index is 10.9. The Hall–Kier alpha value is -0.380. The first kappa shape index (κ1) is 10.6. The molecular weight excluding hydrogens is 162 g/mol. The highest BCUT2D eigenvalue weighted by Crippen LogP contribution is 1.92. The van der Waals surface area contributed by atoms with E-state index in [0.29, 0.717) is 5.75 Å². The molecule has 0 saturated carbocycles. The maximum atomic E-state index is 10.9. The van der Waals surface area contributed by atoms with Crippen LogP contribution in [0.25, 0.3) is 0 Å². The monoisotopic (exact) mass is 177 g/mol. The number of carbonyl (C=O) groups excluding carboxylic acids is 1. The summed E-state index contributed by atoms with van der Waals surface area (Å²) in [6.45, 7) is 5.48. The van der Waals surface area contributed by atoms with Crippen LogP contribution < -0.4 is 4.72 Å². The first-order valence-electron chi connectivity index (χ1n) is 3.76. The van der Waals surface area contributed by atoms with Crippen LogP contribution in [-0.2, 0) is 15.8 Å². The molecule has 0 radical (unpaired) electrons. The Morgan fingerprint density at radius 3 is 2.45 bits per heavy atom. The predicted octanol–water partition coefficient (Wildman–Crippen LogP) is 0.832. The van der Waals surface area contributed by atoms with Crippen molar-refractivity contribution < 1.29 is 9.00 Å². The smallest absolute Gasteiger partial charge is 0.234 e. The van der Waals surface area contributed by atoms with Gasteiger partial charge < -0.3 is 0 Å². The molecule has 11 heavy (non-hydrogen) atoms. The van der Waals surface area contributed by atoms with Crippen LogP contribution >= 0.6 is 0 Å². The molecule has 3 nitrogen and oxygen atoms in total. The molecule has 0 aromatic heterocycles. The quantitative estimate of drug-likeness (QED) is 0.691. The second kappa shape index (κ2) is 5.29. The number of amides is 1. The van der Waals surface area contributed by atoms with Crippen LogP contribution in [0.4, 0.5) is 0 Å². The fourth-order valence-corrected chi connectivity index (χ4v) is 1.40. The molecule has 66 valence electrons. The van der Waals surface area contributed by atoms with Gasteiger partial charge in [0.25, 0.3) is 0 Å². The Labute approximate surface area is 70.1 Å². The van der Waals surface area contributed by atoms with E-state index in [1.807, 2.05) is 6.92 Å². The van der Waals surface area contributed by atoms with Crippen LogP contribution in [0.2, 0.25) is 0 Å². The summed E-state index contributed by atoms with van der Waals surface area (Å²) in [6, 6.07) is 0. The van der Waals surface area contributed by atoms with Crippen LogP contribution in [0, 0.1) is 5.92 Å². The number of hydrogen-bond donors (Lipinski definition) is 1. The summed E-state index contributed by atoms with van der Waals surface area (Å²) in [6.07, 6.45) is 0.824. The van der Waals surface area contributed by atoms with E-state index in [1.54, 1.807) is 13.8 Å². The molecule has 0 fully saturated rings. The molecule has 0 saturated heterocycles. The van der Waals surface area contributed by atoms with Crippen molar-refractivity contribution >= 4 is 16.9 Å². The average molecular weight is 177 g/mol. The van der Waals surface area contributed by atoms with Crippen LogP contribution in [0.5, 0.6) is 0 Å². The number of hydrogen-bond acceptors (Lipinski definition) is 2. The fraction of sp³-hybridized carbons (Fsp3) is 0.857. The summed E-state index contributed by atoms with van der Waals surface area (Å²) in [5.41, 5.74) is 0. The molecule has 0 bridgehead atoms. The van der Waals surface area contributed by atoms with E-state index in [1.165, 1.54) is 0 Å². The summed E-state index contributed by atoms with van der Waals surface area (Å²) < 4.78 is 13.4. The van der Waals surface area contributed by atoms with Crippen molar-refractivity contribution in [2.75, 3.05) is 5.75 Å². The molecule has 0 aromatic rings. The highest BCUT2D eigenvalue weighted by Gasteiger charge is 2.08. The first-order chi connectivity index (χ1) is 5.07. The molecule has 1 unspecified atom stereocenters. The molecule has 0 aromatic carbocycles. The zero-order valence-electron chi connectivity index (χ0n) is 7.22. The van der Waals surface area contributed by atoms with Crippen molar-refractivity contribution in [2.24, 2.45) is 5.92 Å². The normalized spacial score (nSPS) is 13.1. The topological polar surface area (TPSA) is 46.2 Å². The van der Waals surface area contributed by atoms with E-state index < -0.39 is 11.0 Å². The van der Waals surface area contributed by atoms with Crippen molar-refractivity contribution in [1.29, 1.82) is 0 Å². The molecule has 0 spiro atoms. The average Bonchev–Trinajstić information content (AvgIpc) is 1.87. The molecule has 0 aliphatic carbocycles. The number of carbonyl (C=O) groups is 1. The molecule has 0 heterocycles. The molecule has 0 rings (SSSR count). The molecular formula is C7H15NO2S. The minimum atomic E-state index is -1.17. The summed E-state index contributed by atoms with van der Waals surface area (Å²) in [5.74, 6) is 0.311. The summed E-state index contributed by atoms with van der Waals surface area (Å²) in [7, 11) is -1.17. The molecule has 1 atom stereocenters. The molecule has 0 aliphatic heterocycles. The van der Waals surface area contributed by atoms with Gasteiger partial charge in [-0.2, -0.15) is 0 Å². The molecule has 0 aliphatic rings. The van der Waals surface area contributed by atoms with Gasteiger partial charge in [-0.15, -0.1) is 0 Å². The van der Waals surface area contributed by atoms with Gasteiger partial charge in [0.15, 0.2) is 0 Å². The second-order valence-electron chi connectivity index (χ2n) is 2.67. The zero-order chi connectivity index (χ0) is 8.85. The van der Waals surface area contributed by atoms with Crippen molar-refractivity contribution in [3.63, 3.8) is 0 Å². The molecule has 1 amide bonds. The van der Waals surface area contributed by atoms with Gasteiger partial charge in [-0.1, -0.05) is 20.8 Å². The van der Waals surface area contributed by atoms with Gasteiger partial charge in [-0.3, -0.25) is 9.52 Å². The van der Waals surface area contributed by atoms with Crippen molar-refractivity contribution in [3.05, 3.63) is 0 Å². The third-order valence-electron chi connectivity index (χ3n) is 1.13. The maximum Gasteiger partial charge on any atom is 0.234 e. The lowest BCUT2D eigenvalue weighted by molar-refractivity contribution is -0.122. The van der Waals surface area contributed by atoms with Gasteiger partial charge in [-0.25, -0.2) is 4.21 Å². The van der Waals surface area contributed by atoms with E-state index in [0.717, 1.165) is 6.42 Å². The van der Waals surface area contributed by atoms with Gasteiger partial charge in [0.1, 0.15) is 11.0 Å². The zero-order valence-corrected chi connectivity index (χ0v) is 8.03. The SMILES string of the molecule is CCCS(=O)NC(=O)C(C)C. The standard InChI is InChI=1S/C7H15NO2S/c1-4-5-11(10)8-7(9)6(2)3/h6H,4-5H2,1-3H3,(H,8,9). The van der Waals surface area contributed by atoms with Crippen molar-refractivity contribution in [3.8, 4) is 0 Å². The Morgan fingerprint density at radius 1 is 1.55 bits per heavy atom. The largest absolute Gasteiger partial charge is 0.275 e. The van der Waals surface area contributed by atoms with E-state index >= 15 is 0 Å².